The lowest BCUT2D eigenvalue weighted by Crippen LogP contribution is -2.43. The second-order valence-electron chi connectivity index (χ2n) is 8.68. The van der Waals surface area contributed by atoms with E-state index in [-0.39, 0.29) is 5.92 Å². The van der Waals surface area contributed by atoms with Crippen LogP contribution in [0.2, 0.25) is 0 Å². The third-order valence-electron chi connectivity index (χ3n) is 6.48. The van der Waals surface area contributed by atoms with Crippen molar-refractivity contribution in [3.05, 3.63) is 33.2 Å². The predicted octanol–water partition coefficient (Wildman–Crippen LogP) is 2.96. The fraction of sp³-hybridized carbons (Fsp3) is 0.476. The summed E-state index contributed by atoms with van der Waals surface area (Å²) in [6.45, 7) is 1.61. The maximum atomic E-state index is 11.8. The highest BCUT2D eigenvalue weighted by Gasteiger charge is 2.27. The second-order valence-corrected chi connectivity index (χ2v) is 12.4. The van der Waals surface area contributed by atoms with Crippen LogP contribution in [0.15, 0.2) is 28.5 Å². The minimum Gasteiger partial charge on any atom is -0.382 e. The fourth-order valence-corrected chi connectivity index (χ4v) is 7.41. The van der Waals surface area contributed by atoms with Crippen molar-refractivity contribution >= 4 is 61.5 Å². The zero-order valence-corrected chi connectivity index (χ0v) is 21.9. The number of nitrogen functional groups attached to an aromatic ring is 1. The van der Waals surface area contributed by atoms with Gasteiger partial charge in [-0.3, -0.25) is 0 Å². The Kier molecular flexibility index (Phi) is 6.55. The molecule has 1 atom stereocenters. The highest BCUT2D eigenvalue weighted by molar-refractivity contribution is 14.1. The van der Waals surface area contributed by atoms with Crippen LogP contribution in [0.25, 0.3) is 11.2 Å². The Morgan fingerprint density at radius 2 is 1.97 bits per heavy atom. The van der Waals surface area contributed by atoms with Crippen molar-refractivity contribution in [3.63, 3.8) is 0 Å². The van der Waals surface area contributed by atoms with E-state index in [2.05, 4.69) is 49.3 Å². The molecule has 2 aliphatic rings. The van der Waals surface area contributed by atoms with Crippen molar-refractivity contribution in [2.45, 2.75) is 55.1 Å². The van der Waals surface area contributed by atoms with Gasteiger partial charge in [0.1, 0.15) is 6.33 Å². The number of aryl methyl sites for hydroxylation is 3. The predicted molar refractivity (Wildman–Crippen MR) is 137 cm³/mol. The largest absolute Gasteiger partial charge is 0.382 e. The third-order valence-corrected chi connectivity index (χ3v) is 9.84. The number of piperidine rings is 1. The van der Waals surface area contributed by atoms with Gasteiger partial charge in [0.15, 0.2) is 22.1 Å². The monoisotopic (exact) mass is 599 g/mol. The van der Waals surface area contributed by atoms with Crippen molar-refractivity contribution in [1.82, 2.24) is 23.8 Å². The summed E-state index contributed by atoms with van der Waals surface area (Å²) in [5.41, 5.74) is 10.3. The number of halogens is 1. The average Bonchev–Trinajstić information content (AvgIpc) is 3.37. The van der Waals surface area contributed by atoms with Gasteiger partial charge >= 0.3 is 0 Å². The number of rotatable bonds is 6. The van der Waals surface area contributed by atoms with Gasteiger partial charge < -0.3 is 10.3 Å². The number of nitrogens with two attached hydrogens (primary N) is 2. The molecule has 1 aromatic carbocycles. The topological polar surface area (TPSA) is 133 Å². The molecule has 3 aromatic rings. The maximum absolute atomic E-state index is 11.8. The van der Waals surface area contributed by atoms with Gasteiger partial charge in [-0.1, -0.05) is 11.8 Å². The first-order chi connectivity index (χ1) is 15.8. The zero-order chi connectivity index (χ0) is 23.2. The lowest BCUT2D eigenvalue weighted by atomic mass is 9.96. The first kappa shape index (κ1) is 23.3. The summed E-state index contributed by atoms with van der Waals surface area (Å²) in [6.07, 6.45) is 7.54. The highest BCUT2D eigenvalue weighted by Crippen LogP contribution is 2.37. The molecular weight excluding hydrogens is 573 g/mol. The van der Waals surface area contributed by atoms with E-state index in [0.717, 1.165) is 37.3 Å². The zero-order valence-electron chi connectivity index (χ0n) is 18.1. The molecule has 176 valence electrons. The van der Waals surface area contributed by atoms with E-state index in [4.69, 9.17) is 15.9 Å². The summed E-state index contributed by atoms with van der Waals surface area (Å²) >= 11 is 4.03. The van der Waals surface area contributed by atoms with Gasteiger partial charge in [0.05, 0.1) is 0 Å². The Bertz CT molecular complexity index is 1310. The van der Waals surface area contributed by atoms with Crippen molar-refractivity contribution < 1.29 is 8.42 Å². The lowest BCUT2D eigenvalue weighted by molar-refractivity contribution is 0.248. The Morgan fingerprint density at radius 1 is 1.18 bits per heavy atom. The van der Waals surface area contributed by atoms with Gasteiger partial charge in [-0.2, -0.15) is 12.7 Å². The van der Waals surface area contributed by atoms with E-state index >= 15 is 0 Å². The molecule has 2 aromatic heterocycles. The van der Waals surface area contributed by atoms with Gasteiger partial charge in [-0.05, 0) is 90.3 Å². The number of hydrogen-bond donors (Lipinski definition) is 2. The highest BCUT2D eigenvalue weighted by atomic mass is 127. The Labute approximate surface area is 211 Å². The molecular formula is C21H26IN7O2S2. The van der Waals surface area contributed by atoms with E-state index < -0.39 is 10.2 Å². The number of anilines is 1. The third kappa shape index (κ3) is 4.85. The summed E-state index contributed by atoms with van der Waals surface area (Å²) in [7, 11) is -3.66. The molecule has 0 spiro atoms. The minimum absolute atomic E-state index is 0.228. The van der Waals surface area contributed by atoms with E-state index in [9.17, 15) is 8.42 Å². The number of hydrogen-bond acceptors (Lipinski definition) is 7. The molecule has 3 heterocycles. The Hall–Kier alpha value is -1.48. The molecule has 12 heteroatoms. The molecule has 5 rings (SSSR count). The van der Waals surface area contributed by atoms with Gasteiger partial charge in [0.25, 0.3) is 10.2 Å². The minimum atomic E-state index is -3.66. The quantitative estimate of drug-likeness (QED) is 0.417. The van der Waals surface area contributed by atoms with Crippen molar-refractivity contribution in [3.8, 4) is 0 Å². The van der Waals surface area contributed by atoms with E-state index in [1.54, 1.807) is 11.8 Å². The molecule has 4 N–H and O–H groups in total. The first-order valence-corrected chi connectivity index (χ1v) is 14.4. The number of fused-ring (bicyclic) bond motifs is 2. The van der Waals surface area contributed by atoms with Crippen molar-refractivity contribution in [2.75, 3.05) is 18.8 Å². The number of benzene rings is 1. The van der Waals surface area contributed by atoms with Gasteiger partial charge in [0, 0.05) is 28.1 Å². The smallest absolute Gasteiger partial charge is 0.276 e. The summed E-state index contributed by atoms with van der Waals surface area (Å²) in [5, 5.41) is 6.19. The Balaban J connectivity index is 1.43. The molecule has 0 unspecified atom stereocenters. The normalized spacial score (nSPS) is 19.3. The summed E-state index contributed by atoms with van der Waals surface area (Å²) in [5.74, 6) is 0.592. The second kappa shape index (κ2) is 9.29. The van der Waals surface area contributed by atoms with Crippen molar-refractivity contribution in [1.29, 1.82) is 0 Å². The van der Waals surface area contributed by atoms with Crippen LogP contribution < -0.4 is 10.9 Å². The van der Waals surface area contributed by atoms with Gasteiger partial charge in [0.2, 0.25) is 0 Å². The van der Waals surface area contributed by atoms with Gasteiger partial charge in [-0.15, -0.1) is 0 Å². The standard InChI is InChI=1S/C21H26IN7O2S2/c22-16-9-14-4-1-5-15(14)10-17(16)32-21-27-18-19(23)25-12-26-20(18)29(21)8-6-13-3-2-7-28(11-13)33(24,30)31/h9-10,12-13H,1-8,11H2,(H2,23,25,26)(H2,24,30,31)/t13-/m0/s1. The van der Waals surface area contributed by atoms with Crippen LogP contribution in [0, 0.1) is 9.49 Å². The molecule has 9 nitrogen and oxygen atoms in total. The molecule has 0 radical (unpaired) electrons. The summed E-state index contributed by atoms with van der Waals surface area (Å²) < 4.78 is 28.3. The Morgan fingerprint density at radius 3 is 2.76 bits per heavy atom. The lowest BCUT2D eigenvalue weighted by Gasteiger charge is -2.30. The van der Waals surface area contributed by atoms with Crippen LogP contribution in [0.4, 0.5) is 5.82 Å². The van der Waals surface area contributed by atoms with Gasteiger partial charge in [-0.25, -0.2) is 20.1 Å². The molecule has 1 aliphatic carbocycles. The summed E-state index contributed by atoms with van der Waals surface area (Å²) in [6, 6.07) is 4.58. The van der Waals surface area contributed by atoms with Crippen LogP contribution in [0.5, 0.6) is 0 Å². The number of nitrogens with zero attached hydrogens (tertiary/aromatic N) is 5. The molecule has 1 fully saturated rings. The maximum Gasteiger partial charge on any atom is 0.276 e. The van der Waals surface area contributed by atoms with Crippen LogP contribution in [-0.2, 0) is 29.6 Å². The SMILES string of the molecule is Nc1ncnc2c1nc(Sc1cc3c(cc1I)CCC3)n2CC[C@@H]1CCCN(S(N)(=O)=O)C1. The average molecular weight is 600 g/mol. The number of aromatic nitrogens is 4. The van der Waals surface area contributed by atoms with Crippen LogP contribution in [0.3, 0.4) is 0 Å². The molecule has 1 aliphatic heterocycles. The van der Waals surface area contributed by atoms with Crippen LogP contribution in [-0.4, -0.2) is 45.3 Å². The molecule has 33 heavy (non-hydrogen) atoms. The molecule has 0 amide bonds. The van der Waals surface area contributed by atoms with Crippen molar-refractivity contribution in [2.24, 2.45) is 11.1 Å². The summed E-state index contributed by atoms with van der Waals surface area (Å²) in [4.78, 5) is 14.6. The van der Waals surface area contributed by atoms with E-state index in [1.807, 2.05) is 0 Å². The number of imidazole rings is 1. The molecule has 0 saturated carbocycles. The van der Waals surface area contributed by atoms with Crippen LogP contribution in [0.1, 0.15) is 36.8 Å². The first-order valence-electron chi connectivity index (χ1n) is 11.0. The van der Waals surface area contributed by atoms with Crippen LogP contribution >= 0.6 is 34.4 Å². The molecule has 1 saturated heterocycles. The molecule has 0 bridgehead atoms. The van der Waals surface area contributed by atoms with E-state index in [0.29, 0.717) is 36.6 Å². The fourth-order valence-electron chi connectivity index (χ4n) is 4.77. The van der Waals surface area contributed by atoms with E-state index in [1.165, 1.54) is 36.6 Å².